The van der Waals surface area contributed by atoms with Crippen LogP contribution in [0.5, 0.6) is 0 Å². The highest BCUT2D eigenvalue weighted by Crippen LogP contribution is 2.24. The molecule has 0 aliphatic carbocycles. The van der Waals surface area contributed by atoms with E-state index in [-0.39, 0.29) is 0 Å². The van der Waals surface area contributed by atoms with E-state index in [0.717, 1.165) is 17.8 Å². The van der Waals surface area contributed by atoms with Crippen molar-refractivity contribution in [3.8, 4) is 0 Å². The van der Waals surface area contributed by atoms with Gasteiger partial charge < -0.3 is 14.7 Å². The van der Waals surface area contributed by atoms with Gasteiger partial charge in [-0.1, -0.05) is 18.2 Å². The molecule has 3 heteroatoms. The molecule has 0 aliphatic rings. The molecular weight excluding hydrogens is 190 g/mol. The first kappa shape index (κ1) is 12.0. The van der Waals surface area contributed by atoms with E-state index in [2.05, 4.69) is 4.90 Å². The Bertz CT molecular complexity index is 299. The summed E-state index contributed by atoms with van der Waals surface area (Å²) in [5.74, 6) is 0. The lowest BCUT2D eigenvalue weighted by molar-refractivity contribution is 0.197. The third-order valence-electron chi connectivity index (χ3n) is 2.43. The Balaban J connectivity index is 2.82. The van der Waals surface area contributed by atoms with Gasteiger partial charge in [0.1, 0.15) is 0 Å². The van der Waals surface area contributed by atoms with Crippen molar-refractivity contribution in [2.24, 2.45) is 0 Å². The highest BCUT2D eigenvalue weighted by molar-refractivity contribution is 5.53. The van der Waals surface area contributed by atoms with Crippen molar-refractivity contribution in [1.82, 2.24) is 0 Å². The van der Waals surface area contributed by atoms with Crippen LogP contribution in [0.3, 0.4) is 0 Å². The van der Waals surface area contributed by atoms with Crippen LogP contribution < -0.4 is 4.90 Å². The van der Waals surface area contributed by atoms with Gasteiger partial charge in [0.2, 0.25) is 0 Å². The minimum absolute atomic E-state index is 0.439. The SMILES string of the molecule is COCCN(C)c1ccccc1[C@H](C)O. The molecule has 1 rings (SSSR count). The van der Waals surface area contributed by atoms with Crippen LogP contribution in [0.1, 0.15) is 18.6 Å². The minimum atomic E-state index is -0.439. The van der Waals surface area contributed by atoms with Gasteiger partial charge in [-0.25, -0.2) is 0 Å². The van der Waals surface area contributed by atoms with Gasteiger partial charge in [-0.05, 0) is 13.0 Å². The third-order valence-corrected chi connectivity index (χ3v) is 2.43. The first-order chi connectivity index (χ1) is 7.16. The fourth-order valence-electron chi connectivity index (χ4n) is 1.54. The molecule has 3 nitrogen and oxygen atoms in total. The van der Waals surface area contributed by atoms with Crippen molar-refractivity contribution in [1.29, 1.82) is 0 Å². The zero-order valence-electron chi connectivity index (χ0n) is 9.60. The molecule has 0 aromatic heterocycles. The molecule has 0 saturated heterocycles. The van der Waals surface area contributed by atoms with Crippen molar-refractivity contribution in [3.05, 3.63) is 29.8 Å². The molecule has 1 aromatic rings. The molecule has 15 heavy (non-hydrogen) atoms. The zero-order chi connectivity index (χ0) is 11.3. The fraction of sp³-hybridized carbons (Fsp3) is 0.500. The molecule has 1 N–H and O–H groups in total. The standard InChI is InChI=1S/C12H19NO2/c1-10(14)11-6-4-5-7-12(11)13(2)8-9-15-3/h4-7,10,14H,8-9H2,1-3H3/t10-/m0/s1. The molecule has 0 fully saturated rings. The quantitative estimate of drug-likeness (QED) is 0.803. The van der Waals surface area contributed by atoms with E-state index in [9.17, 15) is 5.11 Å². The highest BCUT2D eigenvalue weighted by Gasteiger charge is 2.10. The maximum Gasteiger partial charge on any atom is 0.0781 e. The second kappa shape index (κ2) is 5.73. The smallest absolute Gasteiger partial charge is 0.0781 e. The van der Waals surface area contributed by atoms with Gasteiger partial charge >= 0.3 is 0 Å². The number of hydrogen-bond donors (Lipinski definition) is 1. The number of nitrogens with zero attached hydrogens (tertiary/aromatic N) is 1. The summed E-state index contributed by atoms with van der Waals surface area (Å²) in [5.41, 5.74) is 2.01. The molecule has 1 atom stereocenters. The maximum atomic E-state index is 9.62. The first-order valence-corrected chi connectivity index (χ1v) is 5.14. The van der Waals surface area contributed by atoms with Gasteiger partial charge in [-0.3, -0.25) is 0 Å². The largest absolute Gasteiger partial charge is 0.389 e. The summed E-state index contributed by atoms with van der Waals surface area (Å²) in [6, 6.07) is 7.88. The first-order valence-electron chi connectivity index (χ1n) is 5.14. The number of rotatable bonds is 5. The highest BCUT2D eigenvalue weighted by atomic mass is 16.5. The van der Waals surface area contributed by atoms with Crippen LogP contribution in [0.4, 0.5) is 5.69 Å². The lowest BCUT2D eigenvalue weighted by Crippen LogP contribution is -2.23. The van der Waals surface area contributed by atoms with Gasteiger partial charge in [0, 0.05) is 32.0 Å². The number of hydrogen-bond acceptors (Lipinski definition) is 3. The van der Waals surface area contributed by atoms with Gasteiger partial charge in [0.25, 0.3) is 0 Å². The molecule has 0 saturated carbocycles. The van der Waals surface area contributed by atoms with E-state index in [4.69, 9.17) is 4.74 Å². The Kier molecular flexibility index (Phi) is 4.59. The summed E-state index contributed by atoms with van der Waals surface area (Å²) in [4.78, 5) is 2.09. The number of ether oxygens (including phenoxy) is 1. The van der Waals surface area contributed by atoms with Crippen molar-refractivity contribution >= 4 is 5.69 Å². The molecular formula is C12H19NO2. The molecule has 0 aliphatic heterocycles. The average Bonchev–Trinajstić information content (AvgIpc) is 2.25. The summed E-state index contributed by atoms with van der Waals surface area (Å²) in [6.07, 6.45) is -0.439. The number of anilines is 1. The van der Waals surface area contributed by atoms with Crippen LogP contribution in [0, 0.1) is 0 Å². The lowest BCUT2D eigenvalue weighted by Gasteiger charge is -2.23. The van der Waals surface area contributed by atoms with Crippen LogP contribution in [0.15, 0.2) is 24.3 Å². The predicted octanol–water partition coefficient (Wildman–Crippen LogP) is 1.82. The van der Waals surface area contributed by atoms with Crippen LogP contribution in [-0.2, 0) is 4.74 Å². The summed E-state index contributed by atoms with van der Waals surface area (Å²) >= 11 is 0. The van der Waals surface area contributed by atoms with Crippen LogP contribution in [0.25, 0.3) is 0 Å². The predicted molar refractivity (Wildman–Crippen MR) is 62.2 cm³/mol. The summed E-state index contributed by atoms with van der Waals surface area (Å²) < 4.78 is 5.03. The van der Waals surface area contributed by atoms with Crippen LogP contribution in [0.2, 0.25) is 0 Å². The number of methoxy groups -OCH3 is 1. The Morgan fingerprint density at radius 1 is 1.40 bits per heavy atom. The van der Waals surface area contributed by atoms with Crippen molar-refractivity contribution in [2.75, 3.05) is 32.2 Å². The Morgan fingerprint density at radius 3 is 2.67 bits per heavy atom. The second-order valence-corrected chi connectivity index (χ2v) is 3.65. The molecule has 0 spiro atoms. The number of benzene rings is 1. The summed E-state index contributed by atoms with van der Waals surface area (Å²) in [7, 11) is 3.69. The number of aliphatic hydroxyl groups is 1. The van der Waals surface area contributed by atoms with Crippen molar-refractivity contribution in [2.45, 2.75) is 13.0 Å². The normalized spacial score (nSPS) is 12.5. The third kappa shape index (κ3) is 3.22. The van der Waals surface area contributed by atoms with Crippen molar-refractivity contribution < 1.29 is 9.84 Å². The molecule has 0 unspecified atom stereocenters. The van der Waals surface area contributed by atoms with Gasteiger partial charge in [-0.15, -0.1) is 0 Å². The number of aliphatic hydroxyl groups excluding tert-OH is 1. The summed E-state index contributed by atoms with van der Waals surface area (Å²) in [5, 5.41) is 9.62. The zero-order valence-corrected chi connectivity index (χ0v) is 9.60. The monoisotopic (exact) mass is 209 g/mol. The molecule has 1 aromatic carbocycles. The van der Waals surface area contributed by atoms with Gasteiger partial charge in [0.15, 0.2) is 0 Å². The van der Waals surface area contributed by atoms with E-state index in [1.807, 2.05) is 31.3 Å². The van der Waals surface area contributed by atoms with E-state index >= 15 is 0 Å². The number of para-hydroxylation sites is 1. The fourth-order valence-corrected chi connectivity index (χ4v) is 1.54. The second-order valence-electron chi connectivity index (χ2n) is 3.65. The van der Waals surface area contributed by atoms with E-state index in [1.165, 1.54) is 0 Å². The Labute approximate surface area is 91.3 Å². The van der Waals surface area contributed by atoms with Gasteiger partial charge in [-0.2, -0.15) is 0 Å². The molecule has 0 radical (unpaired) electrons. The topological polar surface area (TPSA) is 32.7 Å². The van der Waals surface area contributed by atoms with Gasteiger partial charge in [0.05, 0.1) is 12.7 Å². The Morgan fingerprint density at radius 2 is 2.07 bits per heavy atom. The minimum Gasteiger partial charge on any atom is -0.389 e. The van der Waals surface area contributed by atoms with E-state index in [1.54, 1.807) is 14.0 Å². The van der Waals surface area contributed by atoms with E-state index in [0.29, 0.717) is 6.61 Å². The molecule has 0 bridgehead atoms. The number of likely N-dealkylation sites (N-methyl/N-ethyl adjacent to an activating group) is 1. The van der Waals surface area contributed by atoms with Crippen LogP contribution >= 0.6 is 0 Å². The lowest BCUT2D eigenvalue weighted by atomic mass is 10.1. The van der Waals surface area contributed by atoms with Crippen LogP contribution in [-0.4, -0.2) is 32.4 Å². The Hall–Kier alpha value is -1.06. The van der Waals surface area contributed by atoms with Crippen molar-refractivity contribution in [3.63, 3.8) is 0 Å². The average molecular weight is 209 g/mol. The van der Waals surface area contributed by atoms with E-state index < -0.39 is 6.10 Å². The summed E-state index contributed by atoms with van der Waals surface area (Å²) in [6.45, 7) is 3.29. The molecule has 84 valence electrons. The maximum absolute atomic E-state index is 9.62. The molecule has 0 heterocycles. The molecule has 0 amide bonds.